The number of allylic oxidation sites excluding steroid dienone is 4. The highest BCUT2D eigenvalue weighted by Gasteiger charge is 2.66. The normalized spacial score (nSPS) is 20.4. The Balaban J connectivity index is 1.43. The number of nitrogens with one attached hydrogen (secondary N) is 1. The number of carboxylic acid groups (broad SMARTS) is 1. The lowest BCUT2D eigenvalue weighted by Crippen LogP contribution is -2.42. The van der Waals surface area contributed by atoms with Gasteiger partial charge in [-0.1, -0.05) is 65.9 Å². The van der Waals surface area contributed by atoms with Crippen molar-refractivity contribution in [1.82, 2.24) is 15.0 Å². The second-order valence-electron chi connectivity index (χ2n) is 10.1. The maximum atomic E-state index is 13.1. The molecule has 0 spiro atoms. The van der Waals surface area contributed by atoms with Crippen LogP contribution in [-0.4, -0.2) is 32.2 Å². The minimum Gasteiger partial charge on any atom is -0.481 e. The molecule has 1 amide bonds. The van der Waals surface area contributed by atoms with Crippen LogP contribution >= 0.6 is 0 Å². The fourth-order valence-electron chi connectivity index (χ4n) is 5.34. The number of anilines is 1. The first-order chi connectivity index (χ1) is 19.0. The molecule has 1 unspecified atom stereocenters. The van der Waals surface area contributed by atoms with Gasteiger partial charge in [-0.2, -0.15) is 13.2 Å². The lowest BCUT2D eigenvalue weighted by Gasteiger charge is -2.37. The van der Waals surface area contributed by atoms with Crippen LogP contribution in [0.1, 0.15) is 54.7 Å². The topological polar surface area (TPSA) is 106 Å². The first kappa shape index (κ1) is 27.2. The fraction of sp³-hybridized carbons (Fsp3) is 0.310. The number of hydrogen-bond donors (Lipinski definition) is 2. The molecule has 0 radical (unpaired) electrons. The van der Waals surface area contributed by atoms with E-state index < -0.39 is 40.7 Å². The zero-order chi connectivity index (χ0) is 28.7. The summed E-state index contributed by atoms with van der Waals surface area (Å²) >= 11 is 0. The maximum Gasteiger partial charge on any atom is 0.416 e. The molecule has 1 aromatic heterocycles. The largest absolute Gasteiger partial charge is 0.481 e. The number of amides is 1. The number of carbonyl (C=O) groups is 2. The molecule has 1 heterocycles. The van der Waals surface area contributed by atoms with E-state index in [1.807, 2.05) is 48.6 Å². The Labute approximate surface area is 228 Å². The first-order valence-electron chi connectivity index (χ1n) is 12.7. The van der Waals surface area contributed by atoms with Crippen LogP contribution in [0.2, 0.25) is 0 Å². The highest BCUT2D eigenvalue weighted by Crippen LogP contribution is 2.63. The summed E-state index contributed by atoms with van der Waals surface area (Å²) in [6, 6.07) is 14.2. The predicted octanol–water partition coefficient (Wildman–Crippen LogP) is 6.29. The molecule has 1 fully saturated rings. The molecule has 5 rings (SSSR count). The molecule has 2 N–H and O–H groups in total. The average molecular weight is 553 g/mol. The number of aliphatic carboxylic acids is 1. The summed E-state index contributed by atoms with van der Waals surface area (Å²) in [5.74, 6) is -0.818. The molecule has 1 saturated carbocycles. The molecule has 2 aromatic carbocycles. The van der Waals surface area contributed by atoms with Gasteiger partial charge in [0, 0.05) is 7.05 Å². The van der Waals surface area contributed by atoms with Gasteiger partial charge in [-0.05, 0) is 55.0 Å². The summed E-state index contributed by atoms with van der Waals surface area (Å²) in [6.45, 7) is 1.46. The van der Waals surface area contributed by atoms with Crippen molar-refractivity contribution in [2.75, 3.05) is 5.32 Å². The quantitative estimate of drug-likeness (QED) is 0.357. The zero-order valence-corrected chi connectivity index (χ0v) is 21.8. The van der Waals surface area contributed by atoms with E-state index in [4.69, 9.17) is 4.74 Å². The van der Waals surface area contributed by atoms with E-state index in [1.165, 1.54) is 23.7 Å². The monoisotopic (exact) mass is 552 g/mol. The predicted molar refractivity (Wildman–Crippen MR) is 140 cm³/mol. The Morgan fingerprint density at radius 1 is 1.12 bits per heavy atom. The van der Waals surface area contributed by atoms with Crippen LogP contribution in [0.3, 0.4) is 0 Å². The third-order valence-electron chi connectivity index (χ3n) is 7.75. The third-order valence-corrected chi connectivity index (χ3v) is 7.75. The second-order valence-corrected chi connectivity index (χ2v) is 10.1. The van der Waals surface area contributed by atoms with Crippen molar-refractivity contribution in [2.24, 2.45) is 12.5 Å². The fourth-order valence-corrected chi connectivity index (χ4v) is 5.34. The number of alkyl halides is 3. The number of ether oxygens (including phenoxy) is 1. The number of nitrogens with zero attached hydrogens (tertiary/aromatic N) is 3. The van der Waals surface area contributed by atoms with Gasteiger partial charge < -0.3 is 9.84 Å². The minimum absolute atomic E-state index is 0.148. The summed E-state index contributed by atoms with van der Waals surface area (Å²) in [6.07, 6.45) is 0.354. The van der Waals surface area contributed by atoms with E-state index in [9.17, 15) is 27.9 Å². The number of carbonyl (C=O) groups excluding carboxylic acids is 1. The standard InChI is InChI=1S/C29H27F3N4O4/c1-18(21-9-6-10-22(17-21)29(30,31)32)40-26(39)33-24-23(34-35-36(24)2)27(28(15-16-28)25(37)38)13-11-20(12-14-27)19-7-4-3-5-8-19/h3-13,17-18H,14-16H2,1-2H3,(H,33,39)(H,37,38)/t18-,27?/m0/s1. The summed E-state index contributed by atoms with van der Waals surface area (Å²) in [5, 5.41) is 21.3. The number of aromatic nitrogens is 3. The van der Waals surface area contributed by atoms with Crippen molar-refractivity contribution in [3.05, 3.63) is 95.2 Å². The number of aryl methyl sites for hydroxylation is 1. The summed E-state index contributed by atoms with van der Waals surface area (Å²) in [7, 11) is 1.55. The molecule has 3 aromatic rings. The molecular weight excluding hydrogens is 525 g/mol. The molecule has 208 valence electrons. The Morgan fingerprint density at radius 3 is 2.45 bits per heavy atom. The molecule has 2 atom stereocenters. The van der Waals surface area contributed by atoms with Crippen LogP contribution in [-0.2, 0) is 28.2 Å². The first-order valence-corrected chi connectivity index (χ1v) is 12.7. The molecule has 40 heavy (non-hydrogen) atoms. The molecular formula is C29H27F3N4O4. The summed E-state index contributed by atoms with van der Waals surface area (Å²) in [5.41, 5.74) is -0.719. The summed E-state index contributed by atoms with van der Waals surface area (Å²) < 4.78 is 46.1. The van der Waals surface area contributed by atoms with Gasteiger partial charge in [0.15, 0.2) is 5.82 Å². The second kappa shape index (κ2) is 9.96. The highest BCUT2D eigenvalue weighted by atomic mass is 19.4. The molecule has 0 aliphatic heterocycles. The van der Waals surface area contributed by atoms with Crippen LogP contribution < -0.4 is 5.32 Å². The van der Waals surface area contributed by atoms with E-state index in [-0.39, 0.29) is 17.1 Å². The van der Waals surface area contributed by atoms with E-state index >= 15 is 0 Å². The van der Waals surface area contributed by atoms with E-state index in [1.54, 1.807) is 7.05 Å². The van der Waals surface area contributed by atoms with Crippen LogP contribution in [0.4, 0.5) is 23.8 Å². The van der Waals surface area contributed by atoms with Crippen LogP contribution in [0.25, 0.3) is 5.57 Å². The van der Waals surface area contributed by atoms with Gasteiger partial charge >= 0.3 is 18.2 Å². The van der Waals surface area contributed by atoms with Crippen LogP contribution in [0.15, 0.2) is 72.8 Å². The van der Waals surface area contributed by atoms with Gasteiger partial charge in [-0.3, -0.25) is 10.1 Å². The Bertz CT molecular complexity index is 1510. The lowest BCUT2D eigenvalue weighted by atomic mass is 9.65. The highest BCUT2D eigenvalue weighted by molar-refractivity contribution is 5.87. The Morgan fingerprint density at radius 2 is 1.85 bits per heavy atom. The van der Waals surface area contributed by atoms with Crippen LogP contribution in [0, 0.1) is 5.41 Å². The van der Waals surface area contributed by atoms with Gasteiger partial charge in [0.2, 0.25) is 0 Å². The van der Waals surface area contributed by atoms with Gasteiger partial charge in [0.05, 0.1) is 16.4 Å². The van der Waals surface area contributed by atoms with E-state index in [2.05, 4.69) is 15.6 Å². The van der Waals surface area contributed by atoms with Crippen molar-refractivity contribution in [3.8, 4) is 0 Å². The molecule has 0 bridgehead atoms. The van der Waals surface area contributed by atoms with Gasteiger partial charge in [-0.25, -0.2) is 9.48 Å². The molecule has 2 aliphatic carbocycles. The number of rotatable bonds is 7. The maximum absolute atomic E-state index is 13.1. The van der Waals surface area contributed by atoms with Crippen LogP contribution in [0.5, 0.6) is 0 Å². The van der Waals surface area contributed by atoms with Crippen molar-refractivity contribution >= 4 is 23.5 Å². The van der Waals surface area contributed by atoms with Gasteiger partial charge in [0.1, 0.15) is 11.8 Å². The van der Waals surface area contributed by atoms with E-state index in [0.29, 0.717) is 19.3 Å². The van der Waals surface area contributed by atoms with Crippen molar-refractivity contribution in [3.63, 3.8) is 0 Å². The van der Waals surface area contributed by atoms with Crippen molar-refractivity contribution < 1.29 is 32.6 Å². The average Bonchev–Trinajstić information content (AvgIpc) is 3.69. The minimum atomic E-state index is -4.53. The number of halogens is 3. The third kappa shape index (κ3) is 4.76. The van der Waals surface area contributed by atoms with E-state index in [0.717, 1.165) is 23.3 Å². The molecule has 2 aliphatic rings. The summed E-state index contributed by atoms with van der Waals surface area (Å²) in [4.78, 5) is 25.5. The van der Waals surface area contributed by atoms with Crippen molar-refractivity contribution in [2.45, 2.75) is 43.9 Å². The van der Waals surface area contributed by atoms with Crippen molar-refractivity contribution in [1.29, 1.82) is 0 Å². The van der Waals surface area contributed by atoms with Gasteiger partial charge in [-0.15, -0.1) is 5.10 Å². The Hall–Kier alpha value is -4.41. The number of hydrogen-bond acceptors (Lipinski definition) is 5. The smallest absolute Gasteiger partial charge is 0.416 e. The van der Waals surface area contributed by atoms with Gasteiger partial charge in [0.25, 0.3) is 0 Å². The molecule has 11 heteroatoms. The lowest BCUT2D eigenvalue weighted by molar-refractivity contribution is -0.145. The molecule has 0 saturated heterocycles. The number of benzene rings is 2. The Kier molecular flexibility index (Phi) is 6.77. The number of carboxylic acids is 1. The zero-order valence-electron chi connectivity index (χ0n) is 21.8. The molecule has 8 nitrogen and oxygen atoms in total. The SMILES string of the molecule is C[C@H](OC(=O)Nc1c(C2(C3(C(=O)O)CC3)C=CC(c3ccccc3)=CC2)nnn1C)c1cccc(C(F)(F)F)c1.